The summed E-state index contributed by atoms with van der Waals surface area (Å²) >= 11 is 3.05. The molecule has 0 bridgehead atoms. The molecular weight excluding hydrogens is 479 g/mol. The van der Waals surface area contributed by atoms with Gasteiger partial charge in [-0.3, -0.25) is 0 Å². The molecule has 0 atom stereocenters. The van der Waals surface area contributed by atoms with Crippen LogP contribution in [-0.4, -0.2) is 23.8 Å². The van der Waals surface area contributed by atoms with E-state index in [9.17, 15) is 0 Å². The minimum absolute atomic E-state index is 0.448. The Bertz CT molecular complexity index is 999. The second-order valence-corrected chi connectivity index (χ2v) is 14.4. The maximum atomic E-state index is 4.56. The molecule has 33 heavy (non-hydrogen) atoms. The molecule has 0 spiro atoms. The zero-order chi connectivity index (χ0) is 24.6. The molecule has 1 heterocycles. The van der Waals surface area contributed by atoms with Gasteiger partial charge < -0.3 is 0 Å². The van der Waals surface area contributed by atoms with Crippen molar-refractivity contribution in [2.75, 3.05) is 9.13 Å². The second-order valence-electron chi connectivity index (χ2n) is 10.4. The number of hydrogen-bond donors (Lipinski definition) is 0. The van der Waals surface area contributed by atoms with Crippen LogP contribution in [0.1, 0.15) is 108 Å². The fraction of sp³-hybridized carbons (Fsp3) is 0.448. The topological polar surface area (TPSA) is 6.48 Å². The number of para-hydroxylation sites is 2. The normalized spacial score (nSPS) is 15.5. The predicted molar refractivity (Wildman–Crippen MR) is 149 cm³/mol. The van der Waals surface area contributed by atoms with Gasteiger partial charge in [0.2, 0.25) is 0 Å². The van der Waals surface area contributed by atoms with Gasteiger partial charge in [0.1, 0.15) is 0 Å². The zero-order valence-electron chi connectivity index (χ0n) is 21.9. The third-order valence-electron chi connectivity index (χ3n) is 6.55. The first-order chi connectivity index (χ1) is 15.5. The van der Waals surface area contributed by atoms with Crippen LogP contribution in [0.5, 0.6) is 0 Å². The quantitative estimate of drug-likeness (QED) is 0.356. The summed E-state index contributed by atoms with van der Waals surface area (Å²) in [5.41, 5.74) is 10.8. The Hall–Kier alpha value is -1.70. The van der Waals surface area contributed by atoms with Gasteiger partial charge in [-0.15, -0.1) is 0 Å². The number of anilines is 2. The van der Waals surface area contributed by atoms with Gasteiger partial charge >= 0.3 is 213 Å². The van der Waals surface area contributed by atoms with Gasteiger partial charge in [0, 0.05) is 0 Å². The third-order valence-corrected chi connectivity index (χ3v) is 11.0. The van der Waals surface area contributed by atoms with Crippen LogP contribution >= 0.6 is 0 Å². The van der Waals surface area contributed by atoms with E-state index < -0.39 is 7.59 Å². The molecule has 0 amide bonds. The number of nitrogens with zero attached hydrogens (tertiary/aromatic N) is 2. The van der Waals surface area contributed by atoms with Crippen LogP contribution < -0.4 is 9.13 Å². The van der Waals surface area contributed by atoms with E-state index in [0.717, 1.165) is 5.70 Å². The fourth-order valence-electron chi connectivity index (χ4n) is 4.82. The molecule has 0 saturated heterocycles. The van der Waals surface area contributed by atoms with Crippen LogP contribution in [-0.2, 0) is 0 Å². The maximum absolute atomic E-state index is 4.56. The van der Waals surface area contributed by atoms with Crippen molar-refractivity contribution in [3.63, 3.8) is 0 Å². The average Bonchev–Trinajstić information content (AvgIpc) is 2.72. The van der Waals surface area contributed by atoms with E-state index in [1.165, 1.54) is 39.3 Å². The third kappa shape index (κ3) is 4.91. The van der Waals surface area contributed by atoms with Crippen LogP contribution in [0.2, 0.25) is 0 Å². The molecule has 0 aliphatic carbocycles. The van der Waals surface area contributed by atoms with Crippen LogP contribution in [0, 0.1) is 0 Å². The molecule has 1 aliphatic heterocycles. The summed E-state index contributed by atoms with van der Waals surface area (Å²) < 4.78 is 5.19. The van der Waals surface area contributed by atoms with Gasteiger partial charge in [-0.1, -0.05) is 0 Å². The summed E-state index contributed by atoms with van der Waals surface area (Å²) in [4.78, 5) is 0. The molecule has 175 valence electrons. The van der Waals surface area contributed by atoms with Crippen molar-refractivity contribution in [1.29, 1.82) is 0 Å². The number of rotatable bonds is 6. The van der Waals surface area contributed by atoms with Gasteiger partial charge in [-0.25, -0.2) is 0 Å². The zero-order valence-corrected chi connectivity index (χ0v) is 24.8. The SMILES string of the molecule is C=C1C=C(C)N(c2c(C(C)C)cccc2C(C)C)[Si]([As])N1c1c(C(C)C)cccc1C(C)C. The molecule has 1 aliphatic rings. The summed E-state index contributed by atoms with van der Waals surface area (Å²) in [6.45, 7) is 25.3. The number of allylic oxidation sites excluding steroid dienone is 2. The Kier molecular flexibility index (Phi) is 8.07. The van der Waals surface area contributed by atoms with Gasteiger partial charge in [0.15, 0.2) is 0 Å². The van der Waals surface area contributed by atoms with Crippen LogP contribution in [0.25, 0.3) is 0 Å². The van der Waals surface area contributed by atoms with Crippen LogP contribution in [0.15, 0.2) is 60.4 Å². The molecule has 3 radical (unpaired) electrons. The molecular formula is C29H40AsN2Si. The molecule has 2 nitrogen and oxygen atoms in total. The van der Waals surface area contributed by atoms with E-state index in [1.807, 2.05) is 0 Å². The van der Waals surface area contributed by atoms with Crippen molar-refractivity contribution < 1.29 is 0 Å². The van der Waals surface area contributed by atoms with E-state index >= 15 is 0 Å². The van der Waals surface area contributed by atoms with E-state index in [2.05, 4.69) is 137 Å². The van der Waals surface area contributed by atoms with Crippen molar-refractivity contribution in [1.82, 2.24) is 0 Å². The van der Waals surface area contributed by atoms with Crippen molar-refractivity contribution >= 4 is 35.2 Å². The van der Waals surface area contributed by atoms with Gasteiger partial charge in [-0.05, 0) is 0 Å². The number of benzene rings is 2. The van der Waals surface area contributed by atoms with Gasteiger partial charge in [-0.2, -0.15) is 0 Å². The molecule has 0 aromatic heterocycles. The van der Waals surface area contributed by atoms with E-state index in [4.69, 9.17) is 0 Å². The molecule has 0 fully saturated rings. The second kappa shape index (κ2) is 10.3. The first kappa shape index (κ1) is 25.9. The minimum atomic E-state index is -1.26. The average molecular weight is 520 g/mol. The number of hydrogen-bond acceptors (Lipinski definition) is 2. The molecule has 0 N–H and O–H groups in total. The van der Waals surface area contributed by atoms with Crippen molar-refractivity contribution in [2.24, 2.45) is 0 Å². The van der Waals surface area contributed by atoms with Crippen molar-refractivity contribution in [2.45, 2.75) is 86.0 Å². The standard InChI is InChI=1S/C29H40AsN2Si/c1-18(2)24-13-11-14-25(19(3)4)28(24)31-22(9)17-23(10)32(33(31)30)29-26(20(5)6)15-12-16-27(29)21(7)8/h11-21H,9H2,1-8,10H3. The summed E-state index contributed by atoms with van der Waals surface area (Å²) in [6.07, 6.45) is 2.28. The van der Waals surface area contributed by atoms with Crippen molar-refractivity contribution in [3.05, 3.63) is 82.7 Å². The molecule has 2 aromatic carbocycles. The monoisotopic (exact) mass is 519 g/mol. The Morgan fingerprint density at radius 1 is 0.667 bits per heavy atom. The van der Waals surface area contributed by atoms with Crippen LogP contribution in [0.3, 0.4) is 0 Å². The first-order valence-corrected chi connectivity index (χ1v) is 16.4. The summed E-state index contributed by atoms with van der Waals surface area (Å²) in [6, 6.07) is 13.7. The predicted octanol–water partition coefficient (Wildman–Crippen LogP) is 8.08. The Balaban J connectivity index is 2.30. The van der Waals surface area contributed by atoms with Gasteiger partial charge in [0.25, 0.3) is 0 Å². The summed E-state index contributed by atoms with van der Waals surface area (Å²) in [5.74, 6) is 1.81. The van der Waals surface area contributed by atoms with Crippen LogP contribution in [0.4, 0.5) is 11.4 Å². The van der Waals surface area contributed by atoms with E-state index in [1.54, 1.807) is 0 Å². The Labute approximate surface area is 212 Å². The molecule has 3 rings (SSSR count). The molecule has 0 saturated carbocycles. The Morgan fingerprint density at radius 3 is 1.33 bits per heavy atom. The first-order valence-electron chi connectivity index (χ1n) is 12.3. The fourth-order valence-corrected chi connectivity index (χ4v) is 9.69. The van der Waals surface area contributed by atoms with E-state index in [0.29, 0.717) is 23.7 Å². The summed E-state index contributed by atoms with van der Waals surface area (Å²) in [5, 5.41) is 0. The van der Waals surface area contributed by atoms with Crippen molar-refractivity contribution in [3.8, 4) is 0 Å². The molecule has 2 aromatic rings. The Morgan fingerprint density at radius 2 is 1.00 bits per heavy atom. The van der Waals surface area contributed by atoms with E-state index in [-0.39, 0.29) is 0 Å². The molecule has 4 heteroatoms. The summed E-state index contributed by atoms with van der Waals surface area (Å²) in [7, 11) is -1.26. The molecule has 0 unspecified atom stereocenters. The van der Waals surface area contributed by atoms with Gasteiger partial charge in [0.05, 0.1) is 0 Å².